The van der Waals surface area contributed by atoms with Crippen LogP contribution < -0.4 is 4.74 Å². The molecule has 3 nitrogen and oxygen atoms in total. The molecule has 0 saturated heterocycles. The molecule has 0 aliphatic carbocycles. The van der Waals surface area contributed by atoms with Crippen LogP contribution in [0.25, 0.3) is 0 Å². The number of rotatable bonds is 6. The lowest BCUT2D eigenvalue weighted by Gasteiger charge is -1.99. The summed E-state index contributed by atoms with van der Waals surface area (Å²) in [6.07, 6.45) is 6.88. The van der Waals surface area contributed by atoms with E-state index in [9.17, 15) is 0 Å². The fraction of sp³-hybridized carbons (Fsp3) is 0.700. The molecule has 0 saturated carbocycles. The molecule has 1 aromatic heterocycles. The molecule has 13 heavy (non-hydrogen) atoms. The summed E-state index contributed by atoms with van der Waals surface area (Å²) in [5.41, 5.74) is 0. The van der Waals surface area contributed by atoms with Crippen molar-refractivity contribution in [3.05, 3.63) is 12.0 Å². The van der Waals surface area contributed by atoms with Crippen LogP contribution in [-0.4, -0.2) is 11.6 Å². The quantitative estimate of drug-likeness (QED) is 0.636. The Hall–Kier alpha value is -0.990. The first-order chi connectivity index (χ1) is 6.33. The molecule has 74 valence electrons. The van der Waals surface area contributed by atoms with E-state index in [2.05, 4.69) is 11.9 Å². The van der Waals surface area contributed by atoms with Crippen molar-refractivity contribution in [2.45, 2.75) is 39.5 Å². The molecule has 0 fully saturated rings. The summed E-state index contributed by atoms with van der Waals surface area (Å²) < 4.78 is 10.5. The van der Waals surface area contributed by atoms with E-state index < -0.39 is 0 Å². The average Bonchev–Trinajstić information content (AvgIpc) is 2.51. The number of hydrogen-bond donors (Lipinski definition) is 0. The van der Waals surface area contributed by atoms with Crippen molar-refractivity contribution in [1.29, 1.82) is 0 Å². The fourth-order valence-electron chi connectivity index (χ4n) is 1.09. The first-order valence-corrected chi connectivity index (χ1v) is 4.88. The summed E-state index contributed by atoms with van der Waals surface area (Å²) in [7, 11) is 0. The lowest BCUT2D eigenvalue weighted by atomic mass is 10.2. The van der Waals surface area contributed by atoms with E-state index in [1.807, 2.05) is 6.92 Å². The highest BCUT2D eigenvalue weighted by Crippen LogP contribution is 2.10. The molecule has 0 atom stereocenters. The van der Waals surface area contributed by atoms with Crippen LogP contribution in [0.3, 0.4) is 0 Å². The Kier molecular flexibility index (Phi) is 4.36. The zero-order chi connectivity index (χ0) is 9.52. The van der Waals surface area contributed by atoms with Gasteiger partial charge in [0.1, 0.15) is 5.76 Å². The molecule has 0 aliphatic heterocycles. The van der Waals surface area contributed by atoms with E-state index in [0.717, 1.165) is 12.2 Å². The second kappa shape index (κ2) is 5.62. The number of ether oxygens (including phenoxy) is 1. The summed E-state index contributed by atoms with van der Waals surface area (Å²) in [6, 6.07) is 0. The van der Waals surface area contributed by atoms with Gasteiger partial charge in [0.2, 0.25) is 0 Å². The third kappa shape index (κ3) is 3.97. The topological polar surface area (TPSA) is 35.3 Å². The van der Waals surface area contributed by atoms with Crippen LogP contribution >= 0.6 is 0 Å². The number of unbranched alkanes of at least 4 members (excludes halogenated alkanes) is 3. The van der Waals surface area contributed by atoms with Crippen molar-refractivity contribution in [3.63, 3.8) is 0 Å². The van der Waals surface area contributed by atoms with E-state index in [4.69, 9.17) is 9.15 Å². The van der Waals surface area contributed by atoms with E-state index in [1.165, 1.54) is 19.3 Å². The maximum Gasteiger partial charge on any atom is 0.393 e. The molecule has 0 spiro atoms. The van der Waals surface area contributed by atoms with Gasteiger partial charge in [-0.15, -0.1) is 0 Å². The maximum atomic E-state index is 5.30. The van der Waals surface area contributed by atoms with Crippen LogP contribution in [0.5, 0.6) is 6.08 Å². The Morgan fingerprint density at radius 3 is 2.85 bits per heavy atom. The van der Waals surface area contributed by atoms with Crippen LogP contribution in [-0.2, 0) is 0 Å². The lowest BCUT2D eigenvalue weighted by molar-refractivity contribution is 0.221. The van der Waals surface area contributed by atoms with Crippen molar-refractivity contribution in [1.82, 2.24) is 4.98 Å². The number of oxazole rings is 1. The maximum absolute atomic E-state index is 5.30. The Bertz CT molecular complexity index is 233. The van der Waals surface area contributed by atoms with Gasteiger partial charge in [-0.2, -0.15) is 4.98 Å². The van der Waals surface area contributed by atoms with Crippen LogP contribution in [0.15, 0.2) is 10.6 Å². The van der Waals surface area contributed by atoms with Gasteiger partial charge in [0.15, 0.2) is 0 Å². The van der Waals surface area contributed by atoms with Gasteiger partial charge < -0.3 is 9.15 Å². The van der Waals surface area contributed by atoms with Gasteiger partial charge >= 0.3 is 6.08 Å². The zero-order valence-electron chi connectivity index (χ0n) is 8.38. The van der Waals surface area contributed by atoms with E-state index >= 15 is 0 Å². The van der Waals surface area contributed by atoms with Gasteiger partial charge in [0, 0.05) is 0 Å². The molecule has 0 aromatic carbocycles. The van der Waals surface area contributed by atoms with E-state index in [1.54, 1.807) is 6.20 Å². The zero-order valence-corrected chi connectivity index (χ0v) is 8.38. The molecular formula is C10H17NO2. The average molecular weight is 183 g/mol. The highest BCUT2D eigenvalue weighted by Gasteiger charge is 1.99. The number of nitrogens with zero attached hydrogens (tertiary/aromatic N) is 1. The molecule has 0 amide bonds. The largest absolute Gasteiger partial charge is 0.450 e. The Labute approximate surface area is 79.1 Å². The van der Waals surface area contributed by atoms with Crippen molar-refractivity contribution < 1.29 is 9.15 Å². The second-order valence-electron chi connectivity index (χ2n) is 3.15. The van der Waals surface area contributed by atoms with E-state index in [-0.39, 0.29) is 0 Å². The number of aryl methyl sites for hydroxylation is 1. The van der Waals surface area contributed by atoms with Crippen molar-refractivity contribution in [2.24, 2.45) is 0 Å². The summed E-state index contributed by atoms with van der Waals surface area (Å²) >= 11 is 0. The molecule has 0 aliphatic rings. The smallest absolute Gasteiger partial charge is 0.393 e. The minimum absolute atomic E-state index is 0.397. The normalized spacial score (nSPS) is 10.3. The third-order valence-corrected chi connectivity index (χ3v) is 1.82. The van der Waals surface area contributed by atoms with Crippen LogP contribution in [0.1, 0.15) is 38.4 Å². The minimum atomic E-state index is 0.397. The summed E-state index contributed by atoms with van der Waals surface area (Å²) in [6.45, 7) is 4.76. The molecule has 3 heteroatoms. The first-order valence-electron chi connectivity index (χ1n) is 4.88. The Morgan fingerprint density at radius 1 is 1.38 bits per heavy atom. The molecule has 0 N–H and O–H groups in total. The van der Waals surface area contributed by atoms with Crippen LogP contribution in [0.4, 0.5) is 0 Å². The third-order valence-electron chi connectivity index (χ3n) is 1.82. The standard InChI is InChI=1S/C10H17NO2/c1-3-4-5-6-7-12-10-11-8-9(2)13-10/h8H,3-7H2,1-2H3. The molecule has 1 rings (SSSR count). The molecule has 0 unspecified atom stereocenters. The van der Waals surface area contributed by atoms with Crippen molar-refractivity contribution in [2.75, 3.05) is 6.61 Å². The van der Waals surface area contributed by atoms with E-state index in [0.29, 0.717) is 12.7 Å². The van der Waals surface area contributed by atoms with Crippen molar-refractivity contribution in [3.8, 4) is 6.08 Å². The minimum Gasteiger partial charge on any atom is -0.450 e. The highest BCUT2D eigenvalue weighted by atomic mass is 16.6. The highest BCUT2D eigenvalue weighted by molar-refractivity contribution is 4.94. The monoisotopic (exact) mass is 183 g/mol. The lowest BCUT2D eigenvalue weighted by Crippen LogP contribution is -1.96. The summed E-state index contributed by atoms with van der Waals surface area (Å²) in [5, 5.41) is 0. The molecule has 0 radical (unpaired) electrons. The van der Waals surface area contributed by atoms with Gasteiger partial charge in [0.25, 0.3) is 0 Å². The first kappa shape index (κ1) is 10.1. The number of hydrogen-bond acceptors (Lipinski definition) is 3. The summed E-state index contributed by atoms with van der Waals surface area (Å²) in [5.74, 6) is 0.795. The Morgan fingerprint density at radius 2 is 2.23 bits per heavy atom. The Balaban J connectivity index is 2.06. The summed E-state index contributed by atoms with van der Waals surface area (Å²) in [4.78, 5) is 3.94. The predicted molar refractivity (Wildman–Crippen MR) is 50.9 cm³/mol. The fourth-order valence-corrected chi connectivity index (χ4v) is 1.09. The van der Waals surface area contributed by atoms with Gasteiger partial charge in [-0.1, -0.05) is 26.2 Å². The van der Waals surface area contributed by atoms with Crippen LogP contribution in [0.2, 0.25) is 0 Å². The van der Waals surface area contributed by atoms with Crippen LogP contribution in [0, 0.1) is 6.92 Å². The second-order valence-corrected chi connectivity index (χ2v) is 3.15. The predicted octanol–water partition coefficient (Wildman–Crippen LogP) is 2.94. The molecular weight excluding hydrogens is 166 g/mol. The molecule has 0 bridgehead atoms. The van der Waals surface area contributed by atoms with Gasteiger partial charge in [-0.05, 0) is 13.3 Å². The van der Waals surface area contributed by atoms with Gasteiger partial charge in [-0.3, -0.25) is 0 Å². The van der Waals surface area contributed by atoms with Crippen molar-refractivity contribution >= 4 is 0 Å². The SMILES string of the molecule is CCCCCCOc1ncc(C)o1. The van der Waals surface area contributed by atoms with Gasteiger partial charge in [0.05, 0.1) is 12.8 Å². The molecule has 1 aromatic rings. The van der Waals surface area contributed by atoms with Gasteiger partial charge in [-0.25, -0.2) is 0 Å². The number of aromatic nitrogens is 1. The molecule has 1 heterocycles.